The van der Waals surface area contributed by atoms with Crippen LogP contribution in [-0.4, -0.2) is 21.9 Å². The number of hydrogen-bond acceptors (Lipinski definition) is 3. The monoisotopic (exact) mass is 363 g/mol. The number of carbonyl (C=O) groups is 1. The minimum atomic E-state index is -0.0990. The summed E-state index contributed by atoms with van der Waals surface area (Å²) < 4.78 is 7.81. The third-order valence-corrected chi connectivity index (χ3v) is 5.25. The minimum Gasteiger partial charge on any atom is -0.493 e. The molecular weight excluding hydrogens is 338 g/mol. The van der Waals surface area contributed by atoms with Gasteiger partial charge in [-0.15, -0.1) is 0 Å². The Morgan fingerprint density at radius 2 is 1.93 bits per heavy atom. The van der Waals surface area contributed by atoms with Crippen LogP contribution in [0.2, 0.25) is 0 Å². The highest BCUT2D eigenvalue weighted by Gasteiger charge is 2.14. The van der Waals surface area contributed by atoms with Gasteiger partial charge in [-0.3, -0.25) is 4.79 Å². The molecule has 0 bridgehead atoms. The number of amides is 1. The van der Waals surface area contributed by atoms with Crippen molar-refractivity contribution >= 4 is 11.6 Å². The lowest BCUT2D eigenvalue weighted by Crippen LogP contribution is -2.22. The largest absolute Gasteiger partial charge is 0.493 e. The van der Waals surface area contributed by atoms with Crippen molar-refractivity contribution in [2.45, 2.75) is 38.6 Å². The summed E-state index contributed by atoms with van der Waals surface area (Å²) in [6, 6.07) is 11.6. The van der Waals surface area contributed by atoms with E-state index in [9.17, 15) is 4.79 Å². The van der Waals surface area contributed by atoms with Crippen LogP contribution in [0, 0.1) is 5.92 Å². The van der Waals surface area contributed by atoms with Gasteiger partial charge in [0.05, 0.1) is 6.61 Å². The summed E-state index contributed by atoms with van der Waals surface area (Å²) in [6.45, 7) is 1.30. The maximum absolute atomic E-state index is 12.4. The van der Waals surface area contributed by atoms with E-state index in [0.717, 1.165) is 23.6 Å². The van der Waals surface area contributed by atoms with Crippen LogP contribution in [-0.2, 0) is 6.54 Å². The number of nitrogens with one attached hydrogen (secondary N) is 1. The Balaban J connectivity index is 1.28. The number of benzene rings is 1. The number of carbonyl (C=O) groups excluding carboxylic acids is 1. The molecule has 0 aliphatic heterocycles. The first-order chi connectivity index (χ1) is 13.3. The number of pyridine rings is 1. The van der Waals surface area contributed by atoms with E-state index in [2.05, 4.69) is 10.3 Å². The second kappa shape index (κ2) is 8.25. The molecular formula is C22H25N3O2. The molecule has 140 valence electrons. The average molecular weight is 363 g/mol. The number of imidazole rings is 1. The van der Waals surface area contributed by atoms with Crippen LogP contribution in [0.5, 0.6) is 5.75 Å². The maximum Gasteiger partial charge on any atom is 0.251 e. The molecule has 1 saturated carbocycles. The summed E-state index contributed by atoms with van der Waals surface area (Å²) in [4.78, 5) is 16.6. The van der Waals surface area contributed by atoms with Crippen LogP contribution in [0.15, 0.2) is 55.0 Å². The van der Waals surface area contributed by atoms with Gasteiger partial charge in [-0.2, -0.15) is 0 Å². The number of fused-ring (bicyclic) bond motifs is 1. The number of ether oxygens (including phenoxy) is 1. The van der Waals surface area contributed by atoms with Crippen molar-refractivity contribution in [3.05, 3.63) is 66.1 Å². The molecule has 5 nitrogen and oxygen atoms in total. The standard InChI is InChI=1S/C22H25N3O2/c26-22(19-10-12-25-13-11-23-21(25)14-19)24-15-17-6-8-20(9-7-17)27-16-18-4-2-1-3-5-18/h6-14,18H,1-5,15-16H2,(H,24,26). The van der Waals surface area contributed by atoms with Gasteiger partial charge in [0, 0.05) is 30.7 Å². The zero-order valence-corrected chi connectivity index (χ0v) is 15.4. The number of nitrogens with zero attached hydrogens (tertiary/aromatic N) is 2. The summed E-state index contributed by atoms with van der Waals surface area (Å²) >= 11 is 0. The highest BCUT2D eigenvalue weighted by molar-refractivity contribution is 5.94. The minimum absolute atomic E-state index is 0.0990. The normalized spacial score (nSPS) is 15.0. The Kier molecular flexibility index (Phi) is 5.37. The van der Waals surface area contributed by atoms with Crippen LogP contribution in [0.4, 0.5) is 0 Å². The van der Waals surface area contributed by atoms with Gasteiger partial charge in [0.15, 0.2) is 0 Å². The van der Waals surface area contributed by atoms with E-state index in [0.29, 0.717) is 18.0 Å². The van der Waals surface area contributed by atoms with Crippen molar-refractivity contribution in [2.75, 3.05) is 6.61 Å². The smallest absolute Gasteiger partial charge is 0.251 e. The molecule has 2 aromatic heterocycles. The molecule has 1 N–H and O–H groups in total. The van der Waals surface area contributed by atoms with Gasteiger partial charge >= 0.3 is 0 Å². The van der Waals surface area contributed by atoms with Gasteiger partial charge in [0.2, 0.25) is 0 Å². The fourth-order valence-corrected chi connectivity index (χ4v) is 3.61. The maximum atomic E-state index is 12.4. The summed E-state index contributed by atoms with van der Waals surface area (Å²) in [5.74, 6) is 1.50. The van der Waals surface area contributed by atoms with E-state index in [1.54, 1.807) is 18.3 Å². The first kappa shape index (κ1) is 17.6. The Morgan fingerprint density at radius 3 is 2.74 bits per heavy atom. The number of aromatic nitrogens is 2. The molecule has 0 spiro atoms. The molecule has 1 aliphatic carbocycles. The van der Waals surface area contributed by atoms with Crippen molar-refractivity contribution in [3.8, 4) is 5.75 Å². The van der Waals surface area contributed by atoms with Gasteiger partial charge in [0.25, 0.3) is 5.91 Å². The lowest BCUT2D eigenvalue weighted by molar-refractivity contribution is 0.0951. The topological polar surface area (TPSA) is 55.6 Å². The predicted molar refractivity (Wildman–Crippen MR) is 105 cm³/mol. The molecule has 1 fully saturated rings. The molecule has 3 aromatic rings. The predicted octanol–water partition coefficient (Wildman–Crippen LogP) is 4.22. The lowest BCUT2D eigenvalue weighted by Gasteiger charge is -2.21. The molecule has 1 aliphatic rings. The van der Waals surface area contributed by atoms with Crippen LogP contribution in [0.25, 0.3) is 5.65 Å². The van der Waals surface area contributed by atoms with Gasteiger partial charge in [-0.1, -0.05) is 31.4 Å². The van der Waals surface area contributed by atoms with Crippen LogP contribution >= 0.6 is 0 Å². The van der Waals surface area contributed by atoms with Gasteiger partial charge in [-0.05, 0) is 48.6 Å². The summed E-state index contributed by atoms with van der Waals surface area (Å²) in [5, 5.41) is 2.96. The highest BCUT2D eigenvalue weighted by atomic mass is 16.5. The molecule has 1 amide bonds. The third-order valence-electron chi connectivity index (χ3n) is 5.25. The molecule has 5 heteroatoms. The SMILES string of the molecule is O=C(NCc1ccc(OCC2CCCCC2)cc1)c1ccn2ccnc2c1. The lowest BCUT2D eigenvalue weighted by atomic mass is 9.90. The number of rotatable bonds is 6. The Bertz CT molecular complexity index is 895. The second-order valence-electron chi connectivity index (χ2n) is 7.25. The van der Waals surface area contributed by atoms with E-state index >= 15 is 0 Å². The van der Waals surface area contributed by atoms with Gasteiger partial charge in [-0.25, -0.2) is 4.98 Å². The molecule has 0 atom stereocenters. The molecule has 0 saturated heterocycles. The quantitative estimate of drug-likeness (QED) is 0.713. The molecule has 4 rings (SSSR count). The van der Waals surface area contributed by atoms with E-state index in [1.165, 1.54) is 32.1 Å². The van der Waals surface area contributed by atoms with Crippen molar-refractivity contribution < 1.29 is 9.53 Å². The Hall–Kier alpha value is -2.82. The second-order valence-corrected chi connectivity index (χ2v) is 7.25. The average Bonchev–Trinajstić information content (AvgIpc) is 3.20. The van der Waals surface area contributed by atoms with Crippen molar-refractivity contribution in [1.82, 2.24) is 14.7 Å². The highest BCUT2D eigenvalue weighted by Crippen LogP contribution is 2.24. The summed E-state index contributed by atoms with van der Waals surface area (Å²) in [5.41, 5.74) is 2.43. The van der Waals surface area contributed by atoms with Crippen molar-refractivity contribution in [2.24, 2.45) is 5.92 Å². The van der Waals surface area contributed by atoms with Crippen LogP contribution in [0.1, 0.15) is 48.0 Å². The van der Waals surface area contributed by atoms with E-state index in [4.69, 9.17) is 4.74 Å². The fraction of sp³-hybridized carbons (Fsp3) is 0.364. The van der Waals surface area contributed by atoms with Crippen molar-refractivity contribution in [3.63, 3.8) is 0 Å². The van der Waals surface area contributed by atoms with E-state index in [-0.39, 0.29) is 5.91 Å². The fourth-order valence-electron chi connectivity index (χ4n) is 3.61. The Labute approximate surface area is 159 Å². The molecule has 0 unspecified atom stereocenters. The summed E-state index contributed by atoms with van der Waals surface area (Å²) in [6.07, 6.45) is 12.0. The van der Waals surface area contributed by atoms with Crippen LogP contribution in [0.3, 0.4) is 0 Å². The van der Waals surface area contributed by atoms with Gasteiger partial charge < -0.3 is 14.5 Å². The first-order valence-corrected chi connectivity index (χ1v) is 9.70. The molecule has 1 aromatic carbocycles. The van der Waals surface area contributed by atoms with Crippen LogP contribution < -0.4 is 10.1 Å². The van der Waals surface area contributed by atoms with E-state index in [1.807, 2.05) is 41.1 Å². The third kappa shape index (κ3) is 4.48. The molecule has 0 radical (unpaired) electrons. The van der Waals surface area contributed by atoms with E-state index < -0.39 is 0 Å². The van der Waals surface area contributed by atoms with Gasteiger partial charge in [0.1, 0.15) is 11.4 Å². The first-order valence-electron chi connectivity index (χ1n) is 9.70. The van der Waals surface area contributed by atoms with Crippen molar-refractivity contribution in [1.29, 1.82) is 0 Å². The zero-order valence-electron chi connectivity index (χ0n) is 15.4. The zero-order chi connectivity index (χ0) is 18.5. The Morgan fingerprint density at radius 1 is 1.11 bits per heavy atom. The molecule has 27 heavy (non-hydrogen) atoms. The molecule has 2 heterocycles. The number of hydrogen-bond donors (Lipinski definition) is 1. The summed E-state index contributed by atoms with van der Waals surface area (Å²) in [7, 11) is 0.